The summed E-state index contributed by atoms with van der Waals surface area (Å²) < 4.78 is 1.83. The van der Waals surface area contributed by atoms with Crippen LogP contribution in [-0.4, -0.2) is 43.8 Å². The monoisotopic (exact) mass is 444 g/mol. The van der Waals surface area contributed by atoms with Gasteiger partial charge >= 0.3 is 0 Å². The van der Waals surface area contributed by atoms with Gasteiger partial charge in [-0.2, -0.15) is 5.10 Å². The second-order valence-electron chi connectivity index (χ2n) is 8.89. The molecule has 1 atom stereocenters. The van der Waals surface area contributed by atoms with Crippen molar-refractivity contribution in [3.8, 4) is 11.3 Å². The molecule has 1 fully saturated rings. The fourth-order valence-electron chi connectivity index (χ4n) is 4.52. The van der Waals surface area contributed by atoms with Crippen LogP contribution >= 0.6 is 0 Å². The van der Waals surface area contributed by atoms with Crippen molar-refractivity contribution >= 4 is 17.3 Å². The number of carbonyl (C=O) groups is 2. The topological polar surface area (TPSA) is 67.6 Å². The zero-order valence-corrected chi connectivity index (χ0v) is 19.6. The number of hydrogen-bond acceptors (Lipinski definition) is 4. The van der Waals surface area contributed by atoms with E-state index in [9.17, 15) is 9.59 Å². The summed E-state index contributed by atoms with van der Waals surface area (Å²) in [5.74, 6) is 0.163. The van der Waals surface area contributed by atoms with E-state index in [0.717, 1.165) is 48.3 Å². The lowest BCUT2D eigenvalue weighted by atomic mass is 10.0. The number of nitrogens with zero attached hydrogens (tertiary/aromatic N) is 4. The van der Waals surface area contributed by atoms with Crippen LogP contribution in [0.2, 0.25) is 0 Å². The molecule has 0 radical (unpaired) electrons. The minimum absolute atomic E-state index is 0.0119. The smallest absolute Gasteiger partial charge is 0.272 e. The molecule has 3 aromatic rings. The lowest BCUT2D eigenvalue weighted by Crippen LogP contribution is -2.38. The maximum Gasteiger partial charge on any atom is 0.272 e. The lowest BCUT2D eigenvalue weighted by Gasteiger charge is -2.27. The summed E-state index contributed by atoms with van der Waals surface area (Å²) in [6, 6.07) is 11.9. The Morgan fingerprint density at radius 1 is 1.15 bits per heavy atom. The molecule has 1 amide bonds. The molecular weight excluding hydrogens is 412 g/mol. The Morgan fingerprint density at radius 2 is 1.94 bits per heavy atom. The third-order valence-corrected chi connectivity index (χ3v) is 6.42. The summed E-state index contributed by atoms with van der Waals surface area (Å²) in [4.78, 5) is 31.9. The average Bonchev–Trinajstić information content (AvgIpc) is 3.13. The molecule has 4 rings (SSSR count). The van der Waals surface area contributed by atoms with Gasteiger partial charge in [-0.05, 0) is 37.8 Å². The predicted molar refractivity (Wildman–Crippen MR) is 130 cm³/mol. The Morgan fingerprint density at radius 3 is 2.67 bits per heavy atom. The zero-order valence-electron chi connectivity index (χ0n) is 19.6. The quantitative estimate of drug-likeness (QED) is 0.478. The SMILES string of the molecule is C=CCC(=O)Cc1ccc(-c2cc3nc(C(=O)N4CCCCCC4C)cc(CC)n3n2)cc1. The van der Waals surface area contributed by atoms with Gasteiger partial charge in [0.25, 0.3) is 5.91 Å². The van der Waals surface area contributed by atoms with Crippen LogP contribution in [0.4, 0.5) is 0 Å². The van der Waals surface area contributed by atoms with Crippen LogP contribution in [0.3, 0.4) is 0 Å². The molecule has 6 nitrogen and oxygen atoms in total. The average molecular weight is 445 g/mol. The van der Waals surface area contributed by atoms with Crippen molar-refractivity contribution in [1.82, 2.24) is 19.5 Å². The number of allylic oxidation sites excluding steroid dienone is 1. The van der Waals surface area contributed by atoms with Crippen molar-refractivity contribution in [2.24, 2.45) is 0 Å². The van der Waals surface area contributed by atoms with Gasteiger partial charge in [0, 0.05) is 42.8 Å². The molecule has 6 heteroatoms. The van der Waals surface area contributed by atoms with Crippen LogP contribution in [0, 0.1) is 0 Å². The highest BCUT2D eigenvalue weighted by Gasteiger charge is 2.25. The van der Waals surface area contributed by atoms with Gasteiger partial charge in [-0.15, -0.1) is 6.58 Å². The first-order valence-electron chi connectivity index (χ1n) is 11.9. The molecule has 0 saturated carbocycles. The molecular formula is C27H32N4O2. The number of ketones is 1. The van der Waals surface area contributed by atoms with Gasteiger partial charge < -0.3 is 4.90 Å². The second-order valence-corrected chi connectivity index (χ2v) is 8.89. The van der Waals surface area contributed by atoms with Crippen LogP contribution in [0.25, 0.3) is 16.9 Å². The highest BCUT2D eigenvalue weighted by molar-refractivity contribution is 5.93. The van der Waals surface area contributed by atoms with Crippen molar-refractivity contribution in [2.75, 3.05) is 6.54 Å². The molecule has 0 bridgehead atoms. The number of rotatable bonds is 7. The number of benzene rings is 1. The van der Waals surface area contributed by atoms with Crippen LogP contribution in [-0.2, 0) is 17.6 Å². The molecule has 1 aromatic carbocycles. The van der Waals surface area contributed by atoms with E-state index in [1.54, 1.807) is 6.08 Å². The van der Waals surface area contributed by atoms with Gasteiger partial charge in [-0.25, -0.2) is 9.50 Å². The molecule has 33 heavy (non-hydrogen) atoms. The van der Waals surface area contributed by atoms with Crippen LogP contribution < -0.4 is 0 Å². The summed E-state index contributed by atoms with van der Waals surface area (Å²) in [6.45, 7) is 8.61. The predicted octanol–water partition coefficient (Wildman–Crippen LogP) is 5.05. The second kappa shape index (κ2) is 10.1. The molecule has 0 aliphatic carbocycles. The minimum Gasteiger partial charge on any atom is -0.335 e. The van der Waals surface area contributed by atoms with Crippen molar-refractivity contribution < 1.29 is 9.59 Å². The lowest BCUT2D eigenvalue weighted by molar-refractivity contribution is -0.117. The Bertz CT molecular complexity index is 1160. The third kappa shape index (κ3) is 5.05. The minimum atomic E-state index is 0.0119. The first kappa shape index (κ1) is 22.9. The Balaban J connectivity index is 1.62. The molecule has 0 spiro atoms. The van der Waals surface area contributed by atoms with Crippen molar-refractivity contribution in [3.63, 3.8) is 0 Å². The maximum absolute atomic E-state index is 13.3. The van der Waals surface area contributed by atoms with Crippen molar-refractivity contribution in [1.29, 1.82) is 0 Å². The van der Waals surface area contributed by atoms with Crippen molar-refractivity contribution in [2.45, 2.75) is 64.8 Å². The number of likely N-dealkylation sites (tertiary alicyclic amines) is 1. The molecule has 1 unspecified atom stereocenters. The molecule has 1 aliphatic heterocycles. The van der Waals surface area contributed by atoms with Crippen LogP contribution in [0.5, 0.6) is 0 Å². The summed E-state index contributed by atoms with van der Waals surface area (Å²) in [6.07, 6.45) is 7.61. The summed E-state index contributed by atoms with van der Waals surface area (Å²) >= 11 is 0. The standard InChI is InChI=1S/C27H32N4O2/c1-4-9-23(32)16-20-11-13-21(14-12-20)24-18-26-28-25(17-22(5-2)31(26)29-24)27(33)30-15-8-6-7-10-19(30)3/h4,11-14,17-19H,1,5-10,15-16H2,2-3H3. The normalized spacial score (nSPS) is 16.5. The van der Waals surface area contributed by atoms with E-state index in [1.807, 2.05) is 45.8 Å². The Labute approximate surface area is 195 Å². The number of hydrogen-bond donors (Lipinski definition) is 0. The van der Waals surface area contributed by atoms with Gasteiger partial charge in [0.05, 0.1) is 5.69 Å². The van der Waals surface area contributed by atoms with Gasteiger partial charge in [-0.1, -0.05) is 50.1 Å². The van der Waals surface area contributed by atoms with E-state index < -0.39 is 0 Å². The van der Waals surface area contributed by atoms with Gasteiger partial charge in [-0.3, -0.25) is 9.59 Å². The largest absolute Gasteiger partial charge is 0.335 e. The van der Waals surface area contributed by atoms with Crippen molar-refractivity contribution in [3.05, 3.63) is 66.0 Å². The zero-order chi connectivity index (χ0) is 23.4. The highest BCUT2D eigenvalue weighted by atomic mass is 16.2. The number of Topliss-reactive ketones (excluding diaryl/α,β-unsaturated/α-hetero) is 1. The van der Waals surface area contributed by atoms with E-state index in [-0.39, 0.29) is 17.7 Å². The Kier molecular flexibility index (Phi) is 7.02. The van der Waals surface area contributed by atoms with E-state index in [1.165, 1.54) is 12.8 Å². The maximum atomic E-state index is 13.3. The number of fused-ring (bicyclic) bond motifs is 1. The number of aromatic nitrogens is 3. The van der Waals surface area contributed by atoms with Gasteiger partial charge in [0.2, 0.25) is 0 Å². The van der Waals surface area contributed by atoms with E-state index in [4.69, 9.17) is 10.1 Å². The summed E-state index contributed by atoms with van der Waals surface area (Å²) in [7, 11) is 0. The summed E-state index contributed by atoms with van der Waals surface area (Å²) in [5, 5.41) is 4.77. The van der Waals surface area contributed by atoms with Gasteiger partial charge in [0.1, 0.15) is 11.5 Å². The molecule has 1 aliphatic rings. The fraction of sp³-hybridized carbons (Fsp3) is 0.407. The number of aryl methyl sites for hydroxylation is 1. The summed E-state index contributed by atoms with van der Waals surface area (Å²) in [5.41, 5.74) is 4.87. The number of carbonyl (C=O) groups excluding carboxylic acids is 2. The Hall–Kier alpha value is -3.28. The van der Waals surface area contributed by atoms with Crippen LogP contribution in [0.1, 0.15) is 67.7 Å². The molecule has 2 aromatic heterocycles. The van der Waals surface area contributed by atoms with Gasteiger partial charge in [0.15, 0.2) is 5.65 Å². The number of amides is 1. The molecule has 0 N–H and O–H groups in total. The molecule has 3 heterocycles. The van der Waals surface area contributed by atoms with E-state index >= 15 is 0 Å². The van der Waals surface area contributed by atoms with E-state index in [2.05, 4.69) is 20.4 Å². The van der Waals surface area contributed by atoms with E-state index in [0.29, 0.717) is 24.2 Å². The molecule has 172 valence electrons. The third-order valence-electron chi connectivity index (χ3n) is 6.42. The fourth-order valence-corrected chi connectivity index (χ4v) is 4.52. The highest BCUT2D eigenvalue weighted by Crippen LogP contribution is 2.23. The first-order valence-corrected chi connectivity index (χ1v) is 11.9. The first-order chi connectivity index (χ1) is 16.0. The van der Waals surface area contributed by atoms with Crippen LogP contribution in [0.15, 0.2) is 49.1 Å². The molecule has 1 saturated heterocycles.